The molecule has 3 aromatic carbocycles. The van der Waals surface area contributed by atoms with E-state index in [0.717, 1.165) is 17.8 Å². The third-order valence-electron chi connectivity index (χ3n) is 5.13. The molecule has 2 nitrogen and oxygen atoms in total. The van der Waals surface area contributed by atoms with E-state index in [9.17, 15) is 0 Å². The van der Waals surface area contributed by atoms with Gasteiger partial charge in [-0.3, -0.25) is 5.01 Å². The Morgan fingerprint density at radius 3 is 2.11 bits per heavy atom. The van der Waals surface area contributed by atoms with Crippen LogP contribution in [0, 0.1) is 0 Å². The van der Waals surface area contributed by atoms with Gasteiger partial charge in [0.2, 0.25) is 0 Å². The highest BCUT2D eigenvalue weighted by atomic mass is 32.1. The van der Waals surface area contributed by atoms with Crippen LogP contribution >= 0.6 is 11.3 Å². The second-order valence-corrected chi connectivity index (χ2v) is 7.85. The first kappa shape index (κ1) is 17.0. The predicted molar refractivity (Wildman–Crippen MR) is 119 cm³/mol. The largest absolute Gasteiger partial charge is 0.257 e. The van der Waals surface area contributed by atoms with Gasteiger partial charge in [-0.15, -0.1) is 11.3 Å². The number of para-hydroxylation sites is 1. The molecule has 0 aliphatic carbocycles. The van der Waals surface area contributed by atoms with Gasteiger partial charge in [0.25, 0.3) is 0 Å². The van der Waals surface area contributed by atoms with Crippen molar-refractivity contribution in [2.75, 3.05) is 5.01 Å². The number of hydrazone groups is 1. The first-order chi connectivity index (χ1) is 13.9. The van der Waals surface area contributed by atoms with Gasteiger partial charge >= 0.3 is 0 Å². The Morgan fingerprint density at radius 1 is 0.714 bits per heavy atom. The van der Waals surface area contributed by atoms with Crippen LogP contribution in [0.4, 0.5) is 5.69 Å². The van der Waals surface area contributed by atoms with Crippen molar-refractivity contribution in [2.45, 2.75) is 12.5 Å². The number of hydrogen-bond acceptors (Lipinski definition) is 3. The molecule has 0 amide bonds. The predicted octanol–water partition coefficient (Wildman–Crippen LogP) is 6.77. The SMILES string of the molecule is c1ccc(-c2ccccc2C2=NN(c3ccccc3)C(c3cccs3)C2)cc1. The lowest BCUT2D eigenvalue weighted by Crippen LogP contribution is -2.17. The van der Waals surface area contributed by atoms with Gasteiger partial charge in [-0.05, 0) is 34.7 Å². The van der Waals surface area contributed by atoms with Crippen molar-refractivity contribution in [3.05, 3.63) is 113 Å². The molecule has 3 heteroatoms. The molecule has 1 aromatic heterocycles. The molecule has 136 valence electrons. The first-order valence-corrected chi connectivity index (χ1v) is 10.4. The summed E-state index contributed by atoms with van der Waals surface area (Å²) in [6.07, 6.45) is 0.902. The molecule has 0 fully saturated rings. The van der Waals surface area contributed by atoms with E-state index >= 15 is 0 Å². The summed E-state index contributed by atoms with van der Waals surface area (Å²) in [5, 5.41) is 9.44. The summed E-state index contributed by atoms with van der Waals surface area (Å²) >= 11 is 1.80. The molecule has 0 N–H and O–H groups in total. The van der Waals surface area contributed by atoms with E-state index in [1.165, 1.54) is 21.6 Å². The highest BCUT2D eigenvalue weighted by Crippen LogP contribution is 2.39. The molecule has 0 spiro atoms. The zero-order valence-electron chi connectivity index (χ0n) is 15.4. The maximum atomic E-state index is 5.11. The standard InChI is InChI=1S/C25H20N2S/c1-3-10-19(11-4-1)21-14-7-8-15-22(21)23-18-24(25-16-9-17-28-25)27(26-23)20-12-5-2-6-13-20/h1-17,24H,18H2. The number of nitrogens with zero attached hydrogens (tertiary/aromatic N) is 2. The van der Waals surface area contributed by atoms with Crippen LogP contribution in [0.15, 0.2) is 108 Å². The lowest BCUT2D eigenvalue weighted by atomic mass is 9.94. The summed E-state index contributed by atoms with van der Waals surface area (Å²) in [7, 11) is 0. The van der Waals surface area contributed by atoms with Crippen LogP contribution in [0.5, 0.6) is 0 Å². The molecule has 28 heavy (non-hydrogen) atoms. The molecule has 1 atom stereocenters. The van der Waals surface area contributed by atoms with E-state index in [4.69, 9.17) is 5.10 Å². The average Bonchev–Trinajstić information content (AvgIpc) is 3.45. The molecule has 0 saturated heterocycles. The van der Waals surface area contributed by atoms with Crippen molar-refractivity contribution < 1.29 is 0 Å². The van der Waals surface area contributed by atoms with E-state index in [1.807, 2.05) is 0 Å². The van der Waals surface area contributed by atoms with Gasteiger partial charge in [-0.2, -0.15) is 5.10 Å². The van der Waals surface area contributed by atoms with Gasteiger partial charge in [-0.1, -0.05) is 78.9 Å². The van der Waals surface area contributed by atoms with E-state index in [-0.39, 0.29) is 6.04 Å². The molecule has 0 saturated carbocycles. The molecule has 1 unspecified atom stereocenters. The topological polar surface area (TPSA) is 15.6 Å². The van der Waals surface area contributed by atoms with Crippen molar-refractivity contribution in [1.82, 2.24) is 0 Å². The third-order valence-corrected chi connectivity index (χ3v) is 6.10. The molecule has 5 rings (SSSR count). The van der Waals surface area contributed by atoms with Gasteiger partial charge in [0.15, 0.2) is 0 Å². The Morgan fingerprint density at radius 2 is 1.39 bits per heavy atom. The van der Waals surface area contributed by atoms with Crippen molar-refractivity contribution in [3.63, 3.8) is 0 Å². The van der Waals surface area contributed by atoms with E-state index < -0.39 is 0 Å². The molecular weight excluding hydrogens is 360 g/mol. The zero-order valence-corrected chi connectivity index (χ0v) is 16.2. The highest BCUT2D eigenvalue weighted by Gasteiger charge is 2.31. The number of anilines is 1. The normalized spacial score (nSPS) is 16.2. The molecule has 1 aliphatic rings. The summed E-state index contributed by atoms with van der Waals surface area (Å²) in [5.41, 5.74) is 5.96. The fraction of sp³-hybridized carbons (Fsp3) is 0.0800. The van der Waals surface area contributed by atoms with Crippen LogP contribution in [0.25, 0.3) is 11.1 Å². The molecule has 0 radical (unpaired) electrons. The molecular formula is C25H20N2S. The number of thiophene rings is 1. The number of hydrogen-bond donors (Lipinski definition) is 0. The summed E-state index contributed by atoms with van der Waals surface area (Å²) < 4.78 is 0. The number of rotatable bonds is 4. The third kappa shape index (κ3) is 3.14. The fourth-order valence-corrected chi connectivity index (χ4v) is 4.61. The Hall–Kier alpha value is -3.17. The van der Waals surface area contributed by atoms with Gasteiger partial charge in [0.1, 0.15) is 0 Å². The van der Waals surface area contributed by atoms with Crippen LogP contribution in [-0.4, -0.2) is 5.71 Å². The van der Waals surface area contributed by atoms with Gasteiger partial charge in [0, 0.05) is 16.9 Å². The minimum Gasteiger partial charge on any atom is -0.257 e. The van der Waals surface area contributed by atoms with Gasteiger partial charge in [0.05, 0.1) is 17.4 Å². The number of benzene rings is 3. The van der Waals surface area contributed by atoms with Crippen LogP contribution < -0.4 is 5.01 Å². The smallest absolute Gasteiger partial charge is 0.0923 e. The van der Waals surface area contributed by atoms with Crippen LogP contribution in [0.3, 0.4) is 0 Å². The zero-order chi connectivity index (χ0) is 18.8. The molecule has 2 heterocycles. The van der Waals surface area contributed by atoms with E-state index in [1.54, 1.807) is 11.3 Å². The second-order valence-electron chi connectivity index (χ2n) is 6.87. The minimum absolute atomic E-state index is 0.237. The Bertz CT molecular complexity index is 1090. The monoisotopic (exact) mass is 380 g/mol. The highest BCUT2D eigenvalue weighted by molar-refractivity contribution is 7.10. The lowest BCUT2D eigenvalue weighted by molar-refractivity contribution is 0.722. The Balaban J connectivity index is 1.60. The van der Waals surface area contributed by atoms with Crippen LogP contribution in [-0.2, 0) is 0 Å². The quantitative estimate of drug-likeness (QED) is 0.381. The molecule has 0 bridgehead atoms. The van der Waals surface area contributed by atoms with Crippen molar-refractivity contribution in [1.29, 1.82) is 0 Å². The molecule has 1 aliphatic heterocycles. The maximum Gasteiger partial charge on any atom is 0.0923 e. The molecule has 4 aromatic rings. The average molecular weight is 381 g/mol. The maximum absolute atomic E-state index is 5.11. The Labute approximate surface area is 169 Å². The second kappa shape index (κ2) is 7.45. The van der Waals surface area contributed by atoms with Crippen LogP contribution in [0.2, 0.25) is 0 Å². The van der Waals surface area contributed by atoms with Crippen molar-refractivity contribution in [3.8, 4) is 11.1 Å². The first-order valence-electron chi connectivity index (χ1n) is 9.50. The summed E-state index contributed by atoms with van der Waals surface area (Å²) in [5.74, 6) is 0. The summed E-state index contributed by atoms with van der Waals surface area (Å²) in [6, 6.07) is 34.2. The van der Waals surface area contributed by atoms with Crippen molar-refractivity contribution in [2.24, 2.45) is 5.10 Å². The van der Waals surface area contributed by atoms with Gasteiger partial charge < -0.3 is 0 Å². The fourth-order valence-electron chi connectivity index (χ4n) is 3.80. The van der Waals surface area contributed by atoms with Crippen LogP contribution in [0.1, 0.15) is 22.9 Å². The summed E-state index contributed by atoms with van der Waals surface area (Å²) in [4.78, 5) is 1.35. The van der Waals surface area contributed by atoms with Crippen molar-refractivity contribution >= 4 is 22.7 Å². The lowest BCUT2D eigenvalue weighted by Gasteiger charge is -2.22. The minimum atomic E-state index is 0.237. The van der Waals surface area contributed by atoms with E-state index in [0.29, 0.717) is 0 Å². The summed E-state index contributed by atoms with van der Waals surface area (Å²) in [6.45, 7) is 0. The van der Waals surface area contributed by atoms with Gasteiger partial charge in [-0.25, -0.2) is 0 Å². The Kier molecular flexibility index (Phi) is 4.51. The van der Waals surface area contributed by atoms with E-state index in [2.05, 4.69) is 107 Å².